The first-order chi connectivity index (χ1) is 8.31. The standard InChI is InChI=1S/C14H28N2S/c1-11(17-2)8-10-16-13-6-3-5-12(13)14-7-4-9-15-14/h11-16H,3-10H2,1-2H3. The number of hydrogen-bond acceptors (Lipinski definition) is 3. The molecule has 3 heteroatoms. The Morgan fingerprint density at radius 1 is 1.29 bits per heavy atom. The monoisotopic (exact) mass is 256 g/mol. The summed E-state index contributed by atoms with van der Waals surface area (Å²) in [7, 11) is 0. The van der Waals surface area contributed by atoms with Gasteiger partial charge >= 0.3 is 0 Å². The fraction of sp³-hybridized carbons (Fsp3) is 1.00. The van der Waals surface area contributed by atoms with Gasteiger partial charge in [-0.1, -0.05) is 13.3 Å². The van der Waals surface area contributed by atoms with Crippen molar-refractivity contribution in [2.45, 2.75) is 62.8 Å². The molecule has 4 atom stereocenters. The molecule has 17 heavy (non-hydrogen) atoms. The molecule has 0 aromatic carbocycles. The Morgan fingerprint density at radius 3 is 2.88 bits per heavy atom. The first kappa shape index (κ1) is 13.7. The fourth-order valence-corrected chi connectivity index (χ4v) is 3.74. The van der Waals surface area contributed by atoms with Crippen LogP contribution in [-0.4, -0.2) is 36.7 Å². The number of rotatable bonds is 6. The second kappa shape index (κ2) is 7.01. The van der Waals surface area contributed by atoms with Crippen molar-refractivity contribution in [1.29, 1.82) is 0 Å². The predicted molar refractivity (Wildman–Crippen MR) is 77.8 cm³/mol. The van der Waals surface area contributed by atoms with Gasteiger partial charge in [0.2, 0.25) is 0 Å². The molecule has 0 aromatic rings. The lowest BCUT2D eigenvalue weighted by atomic mass is 9.93. The summed E-state index contributed by atoms with van der Waals surface area (Å²) in [4.78, 5) is 0. The van der Waals surface area contributed by atoms with E-state index in [0.29, 0.717) is 0 Å². The Hall–Kier alpha value is 0.270. The molecule has 2 rings (SSSR count). The SMILES string of the molecule is CSC(C)CCNC1CCCC1C1CCCN1. The van der Waals surface area contributed by atoms with Crippen LogP contribution in [0.4, 0.5) is 0 Å². The number of thioether (sulfide) groups is 1. The third kappa shape index (κ3) is 3.87. The normalized spacial score (nSPS) is 35.3. The Balaban J connectivity index is 1.71. The van der Waals surface area contributed by atoms with Crippen LogP contribution in [0.3, 0.4) is 0 Å². The van der Waals surface area contributed by atoms with Gasteiger partial charge in [-0.05, 0) is 57.4 Å². The molecule has 0 spiro atoms. The third-order valence-electron chi connectivity index (χ3n) is 4.54. The Labute approximate surface area is 111 Å². The van der Waals surface area contributed by atoms with Crippen LogP contribution < -0.4 is 10.6 Å². The lowest BCUT2D eigenvalue weighted by Gasteiger charge is -2.27. The van der Waals surface area contributed by atoms with E-state index in [4.69, 9.17) is 0 Å². The summed E-state index contributed by atoms with van der Waals surface area (Å²) in [6, 6.07) is 1.60. The maximum atomic E-state index is 3.82. The number of hydrogen-bond donors (Lipinski definition) is 2. The molecule has 1 heterocycles. The van der Waals surface area contributed by atoms with E-state index in [-0.39, 0.29) is 0 Å². The van der Waals surface area contributed by atoms with Crippen molar-refractivity contribution in [2.75, 3.05) is 19.3 Å². The van der Waals surface area contributed by atoms with Crippen molar-refractivity contribution in [2.24, 2.45) is 5.92 Å². The summed E-state index contributed by atoms with van der Waals surface area (Å²) in [5.41, 5.74) is 0. The van der Waals surface area contributed by atoms with Gasteiger partial charge < -0.3 is 10.6 Å². The summed E-state index contributed by atoms with van der Waals surface area (Å²) < 4.78 is 0. The summed E-state index contributed by atoms with van der Waals surface area (Å²) >= 11 is 1.98. The van der Waals surface area contributed by atoms with E-state index in [0.717, 1.165) is 23.3 Å². The van der Waals surface area contributed by atoms with Crippen molar-refractivity contribution < 1.29 is 0 Å². The first-order valence-corrected chi connectivity index (χ1v) is 8.59. The molecule has 2 N–H and O–H groups in total. The molecule has 0 bridgehead atoms. The Morgan fingerprint density at radius 2 is 2.18 bits per heavy atom. The molecule has 1 saturated heterocycles. The minimum absolute atomic E-state index is 0.791. The minimum Gasteiger partial charge on any atom is -0.314 e. The molecule has 100 valence electrons. The number of nitrogens with one attached hydrogen (secondary N) is 2. The van der Waals surface area contributed by atoms with Crippen molar-refractivity contribution in [3.05, 3.63) is 0 Å². The van der Waals surface area contributed by atoms with Crippen molar-refractivity contribution in [1.82, 2.24) is 10.6 Å². The van der Waals surface area contributed by atoms with E-state index in [1.54, 1.807) is 0 Å². The highest BCUT2D eigenvalue weighted by Crippen LogP contribution is 2.31. The lowest BCUT2D eigenvalue weighted by Crippen LogP contribution is -2.42. The summed E-state index contributed by atoms with van der Waals surface area (Å²) in [6.45, 7) is 4.78. The lowest BCUT2D eigenvalue weighted by molar-refractivity contribution is 0.320. The molecule has 0 amide bonds. The first-order valence-electron chi connectivity index (χ1n) is 7.31. The second-order valence-corrected chi connectivity index (χ2v) is 6.97. The Kier molecular flexibility index (Phi) is 5.64. The fourth-order valence-electron chi connectivity index (χ4n) is 3.39. The van der Waals surface area contributed by atoms with Gasteiger partial charge in [0.25, 0.3) is 0 Å². The molecule has 2 aliphatic rings. The maximum absolute atomic E-state index is 3.82. The zero-order valence-electron chi connectivity index (χ0n) is 11.4. The van der Waals surface area contributed by atoms with Gasteiger partial charge in [-0.2, -0.15) is 11.8 Å². The predicted octanol–water partition coefficient (Wildman–Crippen LogP) is 2.64. The molecule has 0 radical (unpaired) electrons. The van der Waals surface area contributed by atoms with Crippen molar-refractivity contribution in [3.63, 3.8) is 0 Å². The average Bonchev–Trinajstić information content (AvgIpc) is 2.98. The van der Waals surface area contributed by atoms with Gasteiger partial charge in [-0.25, -0.2) is 0 Å². The molecule has 0 aromatic heterocycles. The second-order valence-electron chi connectivity index (χ2n) is 5.69. The van der Waals surface area contributed by atoms with Crippen LogP contribution >= 0.6 is 11.8 Å². The van der Waals surface area contributed by atoms with E-state index >= 15 is 0 Å². The highest BCUT2D eigenvalue weighted by molar-refractivity contribution is 7.99. The van der Waals surface area contributed by atoms with Crippen LogP contribution in [0.5, 0.6) is 0 Å². The van der Waals surface area contributed by atoms with E-state index in [1.165, 1.54) is 51.6 Å². The van der Waals surface area contributed by atoms with Gasteiger partial charge in [-0.15, -0.1) is 0 Å². The van der Waals surface area contributed by atoms with Crippen LogP contribution in [0.1, 0.15) is 45.4 Å². The van der Waals surface area contributed by atoms with Gasteiger partial charge in [-0.3, -0.25) is 0 Å². The molecule has 4 unspecified atom stereocenters. The molecule has 2 fully saturated rings. The third-order valence-corrected chi connectivity index (χ3v) is 5.58. The highest BCUT2D eigenvalue weighted by atomic mass is 32.2. The molecular formula is C14H28N2S. The van der Waals surface area contributed by atoms with Gasteiger partial charge in [0, 0.05) is 17.3 Å². The highest BCUT2D eigenvalue weighted by Gasteiger charge is 2.34. The molecular weight excluding hydrogens is 228 g/mol. The van der Waals surface area contributed by atoms with Crippen LogP contribution in [0.15, 0.2) is 0 Å². The smallest absolute Gasteiger partial charge is 0.0111 e. The zero-order valence-corrected chi connectivity index (χ0v) is 12.2. The molecule has 1 saturated carbocycles. The minimum atomic E-state index is 0.791. The summed E-state index contributed by atoms with van der Waals surface area (Å²) in [6.07, 6.45) is 10.6. The van der Waals surface area contributed by atoms with E-state index in [1.807, 2.05) is 11.8 Å². The van der Waals surface area contributed by atoms with Crippen LogP contribution in [0.2, 0.25) is 0 Å². The van der Waals surface area contributed by atoms with E-state index in [2.05, 4.69) is 23.8 Å². The molecule has 2 nitrogen and oxygen atoms in total. The van der Waals surface area contributed by atoms with Crippen LogP contribution in [-0.2, 0) is 0 Å². The topological polar surface area (TPSA) is 24.1 Å². The Bertz CT molecular complexity index is 216. The largest absolute Gasteiger partial charge is 0.314 e. The van der Waals surface area contributed by atoms with E-state index in [9.17, 15) is 0 Å². The van der Waals surface area contributed by atoms with Crippen LogP contribution in [0.25, 0.3) is 0 Å². The maximum Gasteiger partial charge on any atom is 0.0111 e. The molecule has 1 aliphatic heterocycles. The molecule has 1 aliphatic carbocycles. The van der Waals surface area contributed by atoms with Crippen molar-refractivity contribution >= 4 is 11.8 Å². The average molecular weight is 256 g/mol. The van der Waals surface area contributed by atoms with Gasteiger partial charge in [0.1, 0.15) is 0 Å². The summed E-state index contributed by atoms with van der Waals surface area (Å²) in [5, 5.41) is 8.31. The van der Waals surface area contributed by atoms with Gasteiger partial charge in [0.15, 0.2) is 0 Å². The zero-order chi connectivity index (χ0) is 12.1. The van der Waals surface area contributed by atoms with Crippen LogP contribution in [0, 0.1) is 5.92 Å². The van der Waals surface area contributed by atoms with Gasteiger partial charge in [0.05, 0.1) is 0 Å². The van der Waals surface area contributed by atoms with E-state index < -0.39 is 0 Å². The summed E-state index contributed by atoms with van der Waals surface area (Å²) in [5.74, 6) is 0.905. The quantitative estimate of drug-likeness (QED) is 0.764. The van der Waals surface area contributed by atoms with Crippen molar-refractivity contribution in [3.8, 4) is 0 Å².